The molecule has 0 spiro atoms. The van der Waals surface area contributed by atoms with Crippen molar-refractivity contribution in [1.82, 2.24) is 0 Å². The maximum Gasteiger partial charge on any atom is 0.344 e. The predicted molar refractivity (Wildman–Crippen MR) is 78.1 cm³/mol. The summed E-state index contributed by atoms with van der Waals surface area (Å²) in [6.45, 7) is -0.189. The lowest BCUT2D eigenvalue weighted by molar-refractivity contribution is -0.131. The van der Waals surface area contributed by atoms with Crippen molar-refractivity contribution >= 4 is 21.7 Å². The van der Waals surface area contributed by atoms with Crippen LogP contribution >= 0.6 is 0 Å². The molecule has 2 heterocycles. The van der Waals surface area contributed by atoms with Crippen LogP contribution in [-0.4, -0.2) is 60.8 Å². The highest BCUT2D eigenvalue weighted by molar-refractivity contribution is 7.91. The van der Waals surface area contributed by atoms with Gasteiger partial charge in [-0.15, -0.1) is 4.40 Å². The number of nitrogens with zero attached hydrogens (tertiary/aromatic N) is 1. The van der Waals surface area contributed by atoms with Gasteiger partial charge in [0.05, 0.1) is 11.3 Å². The Balaban J connectivity index is 1.81. The molecule has 2 aliphatic heterocycles. The minimum absolute atomic E-state index is 0.189. The molecule has 0 bridgehead atoms. The van der Waals surface area contributed by atoms with Gasteiger partial charge < -0.3 is 30.5 Å². The Hall–Kier alpha value is -1.92. The minimum Gasteiger partial charge on any atom is -0.490 e. The van der Waals surface area contributed by atoms with Crippen LogP contribution in [0.1, 0.15) is 5.56 Å². The molecule has 10 nitrogen and oxygen atoms in total. The largest absolute Gasteiger partial charge is 0.490 e. The van der Waals surface area contributed by atoms with E-state index < -0.39 is 34.8 Å². The molecule has 1 saturated heterocycles. The van der Waals surface area contributed by atoms with Gasteiger partial charge in [0.1, 0.15) is 30.7 Å². The fourth-order valence-corrected chi connectivity index (χ4v) is 3.22. The normalized spacial score (nSPS) is 31.9. The summed E-state index contributed by atoms with van der Waals surface area (Å²) < 4.78 is 39.0. The molecule has 0 amide bonds. The van der Waals surface area contributed by atoms with E-state index in [0.29, 0.717) is 0 Å². The topological polar surface area (TPSA) is 164 Å². The number of anilines is 1. The summed E-state index contributed by atoms with van der Waals surface area (Å²) in [6, 6.07) is 4.58. The van der Waals surface area contributed by atoms with Crippen LogP contribution in [0.25, 0.3) is 0 Å². The number of benzene rings is 1. The van der Waals surface area contributed by atoms with Crippen LogP contribution in [-0.2, 0) is 14.9 Å². The second-order valence-electron chi connectivity index (χ2n) is 5.09. The second kappa shape index (κ2) is 5.62. The van der Waals surface area contributed by atoms with Gasteiger partial charge in [-0.25, -0.2) is 0 Å². The smallest absolute Gasteiger partial charge is 0.344 e. The number of nitrogens with two attached hydrogens (primary N) is 1. The fourth-order valence-electron chi connectivity index (χ4n) is 2.38. The van der Waals surface area contributed by atoms with Crippen LogP contribution in [0.4, 0.5) is 5.69 Å². The van der Waals surface area contributed by atoms with Crippen LogP contribution in [0, 0.1) is 0 Å². The quantitative estimate of drug-likeness (QED) is 0.415. The third kappa shape index (κ3) is 2.96. The Bertz CT molecular complexity index is 751. The van der Waals surface area contributed by atoms with Gasteiger partial charge in [-0.2, -0.15) is 8.42 Å². The van der Waals surface area contributed by atoms with E-state index in [9.17, 15) is 23.7 Å². The summed E-state index contributed by atoms with van der Waals surface area (Å²) in [5.41, 5.74) is 6.14. The second-order valence-corrected chi connectivity index (χ2v) is 6.43. The minimum atomic E-state index is -3.89. The maximum atomic E-state index is 11.5. The van der Waals surface area contributed by atoms with Crippen molar-refractivity contribution in [3.8, 4) is 5.75 Å². The molecule has 3 rings (SSSR count). The van der Waals surface area contributed by atoms with E-state index in [0.717, 1.165) is 0 Å². The standard InChI is InChI=1S/C12H15N3O7S/c13-11-8-5(14-23(19,20)15-11)2-1-3-6(8)21-4-7-9(16)10(17)12(18)22-7/h1-3,7,9-10,12,14,16-18H,4H2,(H2,13,15)/t7-,9-,10-,12-/m1/s1. The van der Waals surface area contributed by atoms with E-state index in [4.69, 9.17) is 15.2 Å². The molecular formula is C12H15N3O7S. The van der Waals surface area contributed by atoms with Crippen molar-refractivity contribution in [3.63, 3.8) is 0 Å². The fraction of sp³-hybridized carbons (Fsp3) is 0.417. The van der Waals surface area contributed by atoms with E-state index in [1.807, 2.05) is 0 Å². The number of amidine groups is 1. The Labute approximate surface area is 131 Å². The van der Waals surface area contributed by atoms with E-state index in [-0.39, 0.29) is 29.4 Å². The molecule has 2 aliphatic rings. The van der Waals surface area contributed by atoms with E-state index in [1.165, 1.54) is 12.1 Å². The average Bonchev–Trinajstić information content (AvgIpc) is 2.70. The van der Waals surface area contributed by atoms with Crippen molar-refractivity contribution in [2.24, 2.45) is 10.1 Å². The first-order chi connectivity index (χ1) is 10.8. The summed E-state index contributed by atoms with van der Waals surface area (Å²) in [5.74, 6) is -0.0138. The highest BCUT2D eigenvalue weighted by atomic mass is 32.2. The lowest BCUT2D eigenvalue weighted by Gasteiger charge is -2.21. The van der Waals surface area contributed by atoms with Crippen LogP contribution < -0.4 is 15.2 Å². The zero-order chi connectivity index (χ0) is 16.8. The van der Waals surface area contributed by atoms with Crippen molar-refractivity contribution in [2.75, 3.05) is 11.3 Å². The third-order valence-corrected chi connectivity index (χ3v) is 4.40. The number of nitrogens with one attached hydrogen (secondary N) is 1. The molecule has 0 radical (unpaired) electrons. The summed E-state index contributed by atoms with van der Waals surface area (Å²) in [5, 5.41) is 28.5. The lowest BCUT2D eigenvalue weighted by Crippen LogP contribution is -2.35. The Morgan fingerprint density at radius 3 is 2.70 bits per heavy atom. The van der Waals surface area contributed by atoms with Gasteiger partial charge in [-0.05, 0) is 12.1 Å². The summed E-state index contributed by atoms with van der Waals surface area (Å²) >= 11 is 0. The van der Waals surface area contributed by atoms with Crippen LogP contribution in [0.5, 0.6) is 5.75 Å². The molecule has 0 saturated carbocycles. The maximum absolute atomic E-state index is 11.5. The van der Waals surface area contributed by atoms with Gasteiger partial charge in [0, 0.05) is 0 Å². The zero-order valence-corrected chi connectivity index (χ0v) is 12.5. The summed E-state index contributed by atoms with van der Waals surface area (Å²) in [4.78, 5) is 0. The Morgan fingerprint density at radius 2 is 2.04 bits per heavy atom. The van der Waals surface area contributed by atoms with Gasteiger partial charge in [-0.3, -0.25) is 4.72 Å². The molecular weight excluding hydrogens is 330 g/mol. The van der Waals surface area contributed by atoms with Gasteiger partial charge in [0.2, 0.25) is 0 Å². The first-order valence-electron chi connectivity index (χ1n) is 6.62. The van der Waals surface area contributed by atoms with E-state index in [1.54, 1.807) is 6.07 Å². The monoisotopic (exact) mass is 345 g/mol. The number of rotatable bonds is 3. The molecule has 1 aromatic carbocycles. The molecule has 23 heavy (non-hydrogen) atoms. The highest BCUT2D eigenvalue weighted by Gasteiger charge is 2.42. The number of aliphatic hydroxyl groups excluding tert-OH is 3. The van der Waals surface area contributed by atoms with Gasteiger partial charge in [0.25, 0.3) is 0 Å². The molecule has 0 aromatic heterocycles. The van der Waals surface area contributed by atoms with Crippen molar-refractivity contribution < 1.29 is 33.2 Å². The SMILES string of the molecule is NC1=NS(=O)(=O)Nc2cccc(OC[C@H]3O[C@@H](O)[C@H](O)[C@@H]3O)c21. The summed E-state index contributed by atoms with van der Waals surface area (Å²) in [6.07, 6.45) is -5.18. The van der Waals surface area contributed by atoms with Crippen molar-refractivity contribution in [3.05, 3.63) is 23.8 Å². The molecule has 1 fully saturated rings. The number of hydrogen-bond donors (Lipinski definition) is 5. The number of ether oxygens (including phenoxy) is 2. The Kier molecular flexibility index (Phi) is 3.90. The van der Waals surface area contributed by atoms with Gasteiger partial charge in [-0.1, -0.05) is 6.07 Å². The zero-order valence-electron chi connectivity index (χ0n) is 11.7. The van der Waals surface area contributed by atoms with Crippen molar-refractivity contribution in [1.29, 1.82) is 0 Å². The van der Waals surface area contributed by atoms with Gasteiger partial charge in [0.15, 0.2) is 12.1 Å². The molecule has 4 atom stereocenters. The lowest BCUT2D eigenvalue weighted by atomic mass is 10.1. The summed E-state index contributed by atoms with van der Waals surface area (Å²) in [7, 11) is -3.89. The number of aliphatic hydroxyl groups is 3. The molecule has 11 heteroatoms. The average molecular weight is 345 g/mol. The van der Waals surface area contributed by atoms with Crippen LogP contribution in [0.15, 0.2) is 22.6 Å². The van der Waals surface area contributed by atoms with Crippen LogP contribution in [0.3, 0.4) is 0 Å². The molecule has 126 valence electrons. The van der Waals surface area contributed by atoms with Crippen LogP contribution in [0.2, 0.25) is 0 Å². The first kappa shape index (κ1) is 16.0. The number of hydrogen-bond acceptors (Lipinski definition) is 8. The Morgan fingerprint density at radius 1 is 1.30 bits per heavy atom. The molecule has 0 aliphatic carbocycles. The highest BCUT2D eigenvalue weighted by Crippen LogP contribution is 2.31. The predicted octanol–water partition coefficient (Wildman–Crippen LogP) is -2.12. The molecule has 0 unspecified atom stereocenters. The van der Waals surface area contributed by atoms with Crippen molar-refractivity contribution in [2.45, 2.75) is 24.6 Å². The molecule has 1 aromatic rings. The molecule has 6 N–H and O–H groups in total. The third-order valence-electron chi connectivity index (χ3n) is 3.48. The van der Waals surface area contributed by atoms with Gasteiger partial charge >= 0.3 is 10.2 Å². The van der Waals surface area contributed by atoms with E-state index >= 15 is 0 Å². The number of fused-ring (bicyclic) bond motifs is 1. The van der Waals surface area contributed by atoms with E-state index in [2.05, 4.69) is 9.12 Å². The first-order valence-corrected chi connectivity index (χ1v) is 8.06.